The first-order valence-electron chi connectivity index (χ1n) is 4.73. The molecule has 1 aromatic carbocycles. The zero-order valence-corrected chi connectivity index (χ0v) is 9.21. The van der Waals surface area contributed by atoms with Crippen LogP contribution in [0.25, 0.3) is 10.9 Å². The Morgan fingerprint density at radius 3 is 3.00 bits per heavy atom. The number of carbonyl (C=O) groups is 1. The number of hydrogen-bond donors (Lipinski definition) is 2. The minimum Gasteiger partial charge on any atom is -0.346 e. The first-order valence-corrected chi connectivity index (χ1v) is 5.11. The lowest BCUT2D eigenvalue weighted by molar-refractivity contribution is 0.0954. The number of H-pyrrole nitrogens is 1. The summed E-state index contributed by atoms with van der Waals surface area (Å²) in [7, 11) is 0. The van der Waals surface area contributed by atoms with Crippen LogP contribution in [0, 0.1) is 0 Å². The molecule has 0 spiro atoms. The van der Waals surface area contributed by atoms with Crippen molar-refractivity contribution in [2.75, 3.05) is 6.54 Å². The first-order chi connectivity index (χ1) is 7.68. The highest BCUT2D eigenvalue weighted by Gasteiger charge is 2.12. The minimum atomic E-state index is -0.265. The SMILES string of the molecule is C=C(Cl)CNC(=O)c1n[nH]c2ccccc12. The van der Waals surface area contributed by atoms with Gasteiger partial charge in [0.15, 0.2) is 5.69 Å². The van der Waals surface area contributed by atoms with Crippen LogP contribution in [0.15, 0.2) is 35.9 Å². The largest absolute Gasteiger partial charge is 0.346 e. The van der Waals surface area contributed by atoms with E-state index in [-0.39, 0.29) is 12.5 Å². The van der Waals surface area contributed by atoms with E-state index in [1.807, 2.05) is 24.3 Å². The summed E-state index contributed by atoms with van der Waals surface area (Å²) in [5.41, 5.74) is 1.20. The van der Waals surface area contributed by atoms with Crippen LogP contribution in [0.5, 0.6) is 0 Å². The molecule has 0 fully saturated rings. The summed E-state index contributed by atoms with van der Waals surface area (Å²) in [6.45, 7) is 3.73. The van der Waals surface area contributed by atoms with E-state index < -0.39 is 0 Å². The number of hydrogen-bond acceptors (Lipinski definition) is 2. The predicted octanol–water partition coefficient (Wildman–Crippen LogP) is 2.05. The molecule has 2 rings (SSSR count). The number of halogens is 1. The lowest BCUT2D eigenvalue weighted by Gasteiger charge is -2.00. The Kier molecular flexibility index (Phi) is 2.92. The lowest BCUT2D eigenvalue weighted by atomic mass is 10.2. The molecule has 1 amide bonds. The molecule has 5 heteroatoms. The molecule has 4 nitrogen and oxygen atoms in total. The van der Waals surface area contributed by atoms with Gasteiger partial charge >= 0.3 is 0 Å². The molecule has 0 aliphatic rings. The van der Waals surface area contributed by atoms with E-state index in [1.165, 1.54) is 0 Å². The number of aromatic amines is 1. The fourth-order valence-corrected chi connectivity index (χ4v) is 1.46. The van der Waals surface area contributed by atoms with Gasteiger partial charge in [-0.2, -0.15) is 5.10 Å². The molecule has 2 N–H and O–H groups in total. The number of amides is 1. The van der Waals surface area contributed by atoms with Crippen LogP contribution in [0.1, 0.15) is 10.5 Å². The Morgan fingerprint density at radius 2 is 2.25 bits per heavy atom. The molecule has 0 aliphatic heterocycles. The van der Waals surface area contributed by atoms with Crippen molar-refractivity contribution in [3.8, 4) is 0 Å². The van der Waals surface area contributed by atoms with Gasteiger partial charge in [-0.3, -0.25) is 9.89 Å². The van der Waals surface area contributed by atoms with Gasteiger partial charge in [-0.05, 0) is 6.07 Å². The highest BCUT2D eigenvalue weighted by molar-refractivity contribution is 6.29. The zero-order chi connectivity index (χ0) is 11.5. The molecular weight excluding hydrogens is 226 g/mol. The van der Waals surface area contributed by atoms with Crippen molar-refractivity contribution in [1.82, 2.24) is 15.5 Å². The molecule has 1 aromatic heterocycles. The number of rotatable bonds is 3. The highest BCUT2D eigenvalue weighted by atomic mass is 35.5. The minimum absolute atomic E-state index is 0.238. The van der Waals surface area contributed by atoms with E-state index >= 15 is 0 Å². The van der Waals surface area contributed by atoms with Gasteiger partial charge in [0.05, 0.1) is 12.1 Å². The van der Waals surface area contributed by atoms with E-state index in [2.05, 4.69) is 22.1 Å². The second-order valence-electron chi connectivity index (χ2n) is 3.32. The van der Waals surface area contributed by atoms with Crippen molar-refractivity contribution in [3.63, 3.8) is 0 Å². The quantitative estimate of drug-likeness (QED) is 0.856. The van der Waals surface area contributed by atoms with E-state index in [4.69, 9.17) is 11.6 Å². The summed E-state index contributed by atoms with van der Waals surface area (Å²) in [4.78, 5) is 11.7. The molecule has 0 saturated carbocycles. The molecule has 0 saturated heterocycles. The zero-order valence-electron chi connectivity index (χ0n) is 8.46. The maximum atomic E-state index is 11.7. The number of benzene rings is 1. The van der Waals surface area contributed by atoms with Crippen LogP contribution in [0.2, 0.25) is 0 Å². The fraction of sp³-hybridized carbons (Fsp3) is 0.0909. The van der Waals surface area contributed by atoms with Crippen molar-refractivity contribution in [1.29, 1.82) is 0 Å². The Bertz CT molecular complexity index is 547. The molecule has 2 aromatic rings. The standard InChI is InChI=1S/C11H10ClN3O/c1-7(12)6-13-11(16)10-8-4-2-3-5-9(8)14-15-10/h2-5H,1,6H2,(H,13,16)(H,14,15). The monoisotopic (exact) mass is 235 g/mol. The number of fused-ring (bicyclic) bond motifs is 1. The summed E-state index contributed by atoms with van der Waals surface area (Å²) < 4.78 is 0. The van der Waals surface area contributed by atoms with Crippen LogP contribution in [0.3, 0.4) is 0 Å². The lowest BCUT2D eigenvalue weighted by Crippen LogP contribution is -2.24. The molecule has 16 heavy (non-hydrogen) atoms. The topological polar surface area (TPSA) is 57.8 Å². The number of para-hydroxylation sites is 1. The Morgan fingerprint density at radius 1 is 1.50 bits per heavy atom. The third-order valence-electron chi connectivity index (χ3n) is 2.13. The van der Waals surface area contributed by atoms with Gasteiger partial charge in [0.1, 0.15) is 0 Å². The molecule has 82 valence electrons. The second kappa shape index (κ2) is 4.37. The molecular formula is C11H10ClN3O. The van der Waals surface area contributed by atoms with E-state index in [1.54, 1.807) is 0 Å². The van der Waals surface area contributed by atoms with Crippen molar-refractivity contribution in [2.24, 2.45) is 0 Å². The van der Waals surface area contributed by atoms with Gasteiger partial charge in [-0.1, -0.05) is 36.4 Å². The maximum absolute atomic E-state index is 11.7. The summed E-state index contributed by atoms with van der Waals surface area (Å²) in [6, 6.07) is 7.43. The highest BCUT2D eigenvalue weighted by Crippen LogP contribution is 2.14. The molecule has 0 atom stereocenters. The Balaban J connectivity index is 2.26. The number of aromatic nitrogens is 2. The van der Waals surface area contributed by atoms with Gasteiger partial charge in [-0.25, -0.2) is 0 Å². The Hall–Kier alpha value is -1.81. The summed E-state index contributed by atoms with van der Waals surface area (Å²) in [6.07, 6.45) is 0. The van der Waals surface area contributed by atoms with Crippen molar-refractivity contribution < 1.29 is 4.79 Å². The van der Waals surface area contributed by atoms with Gasteiger partial charge < -0.3 is 5.32 Å². The van der Waals surface area contributed by atoms with Crippen LogP contribution in [0.4, 0.5) is 0 Å². The second-order valence-corrected chi connectivity index (χ2v) is 3.85. The van der Waals surface area contributed by atoms with E-state index in [0.29, 0.717) is 10.7 Å². The summed E-state index contributed by atoms with van der Waals surface area (Å²) in [5.74, 6) is -0.265. The van der Waals surface area contributed by atoms with Gasteiger partial charge in [-0.15, -0.1) is 0 Å². The van der Waals surface area contributed by atoms with Crippen molar-refractivity contribution >= 4 is 28.4 Å². The fourth-order valence-electron chi connectivity index (χ4n) is 1.40. The molecule has 0 aliphatic carbocycles. The molecule has 0 unspecified atom stereocenters. The third-order valence-corrected chi connectivity index (χ3v) is 2.26. The first kappa shape index (κ1) is 10.7. The Labute approximate surface area is 97.3 Å². The van der Waals surface area contributed by atoms with Crippen LogP contribution < -0.4 is 5.32 Å². The van der Waals surface area contributed by atoms with Crippen LogP contribution >= 0.6 is 11.6 Å². The number of nitrogens with zero attached hydrogens (tertiary/aromatic N) is 1. The maximum Gasteiger partial charge on any atom is 0.272 e. The molecule has 1 heterocycles. The van der Waals surface area contributed by atoms with Gasteiger partial charge in [0.25, 0.3) is 5.91 Å². The number of carbonyl (C=O) groups excluding carboxylic acids is 1. The van der Waals surface area contributed by atoms with Crippen LogP contribution in [-0.4, -0.2) is 22.6 Å². The summed E-state index contributed by atoms with van der Waals surface area (Å²) in [5, 5.41) is 10.6. The van der Waals surface area contributed by atoms with Crippen molar-refractivity contribution in [2.45, 2.75) is 0 Å². The van der Waals surface area contributed by atoms with Gasteiger partial charge in [0.2, 0.25) is 0 Å². The normalized spacial score (nSPS) is 10.3. The third kappa shape index (κ3) is 2.06. The van der Waals surface area contributed by atoms with Crippen molar-refractivity contribution in [3.05, 3.63) is 41.6 Å². The predicted molar refractivity (Wildman–Crippen MR) is 63.4 cm³/mol. The van der Waals surface area contributed by atoms with Crippen LogP contribution in [-0.2, 0) is 0 Å². The van der Waals surface area contributed by atoms with E-state index in [9.17, 15) is 4.79 Å². The average molecular weight is 236 g/mol. The average Bonchev–Trinajstić information content (AvgIpc) is 2.69. The smallest absolute Gasteiger partial charge is 0.272 e. The molecule has 0 bridgehead atoms. The molecule has 0 radical (unpaired) electrons. The van der Waals surface area contributed by atoms with E-state index in [0.717, 1.165) is 10.9 Å². The van der Waals surface area contributed by atoms with Gasteiger partial charge in [0, 0.05) is 10.4 Å². The summed E-state index contributed by atoms with van der Waals surface area (Å²) >= 11 is 5.56. The number of nitrogens with one attached hydrogen (secondary N) is 2.